The lowest BCUT2D eigenvalue weighted by Crippen LogP contribution is -2.30. The molecule has 0 aliphatic carbocycles. The minimum atomic E-state index is -1.22. The van der Waals surface area contributed by atoms with Crippen LogP contribution in [0.3, 0.4) is 0 Å². The van der Waals surface area contributed by atoms with Crippen molar-refractivity contribution in [3.05, 3.63) is 64.1 Å². The van der Waals surface area contributed by atoms with Gasteiger partial charge in [0.25, 0.3) is 5.91 Å². The zero-order valence-corrected chi connectivity index (χ0v) is 13.6. The zero-order valence-electron chi connectivity index (χ0n) is 12.0. The molecule has 2 aromatic rings. The topological polar surface area (TPSA) is 55.4 Å². The smallest absolute Gasteiger partial charge is 0.341 e. The molecule has 1 N–H and O–H groups in total. The van der Waals surface area contributed by atoms with Crippen LogP contribution in [0.5, 0.6) is 0 Å². The van der Waals surface area contributed by atoms with Crippen LogP contribution in [0, 0.1) is 11.6 Å². The highest BCUT2D eigenvalue weighted by Gasteiger charge is 2.21. The standard InChI is InChI=1S/C16H12BrF2NO3/c1-9(23-16(22)11-4-2-3-5-12(11)18)15(21)20-14-7-6-10(17)8-13(14)19/h2-9H,1H3,(H,20,21)/t9-/m1/s1. The number of carbonyl (C=O) groups excluding carboxylic acids is 2. The number of carbonyl (C=O) groups is 2. The molecule has 0 saturated heterocycles. The van der Waals surface area contributed by atoms with Crippen LogP contribution in [-0.2, 0) is 9.53 Å². The molecule has 0 fully saturated rings. The first kappa shape index (κ1) is 17.1. The van der Waals surface area contributed by atoms with Gasteiger partial charge in [-0.25, -0.2) is 13.6 Å². The lowest BCUT2D eigenvalue weighted by molar-refractivity contribution is -0.123. The van der Waals surface area contributed by atoms with Crippen LogP contribution in [0.4, 0.5) is 14.5 Å². The first-order chi connectivity index (χ1) is 10.9. The number of esters is 1. The number of halogens is 3. The largest absolute Gasteiger partial charge is 0.449 e. The number of amides is 1. The van der Waals surface area contributed by atoms with E-state index in [1.807, 2.05) is 0 Å². The van der Waals surface area contributed by atoms with Gasteiger partial charge in [0.15, 0.2) is 6.10 Å². The van der Waals surface area contributed by atoms with Gasteiger partial charge in [0.2, 0.25) is 0 Å². The van der Waals surface area contributed by atoms with Crippen molar-refractivity contribution in [1.82, 2.24) is 0 Å². The molecule has 1 atom stereocenters. The van der Waals surface area contributed by atoms with Crippen LogP contribution in [0.2, 0.25) is 0 Å². The second-order valence-corrected chi connectivity index (χ2v) is 5.56. The second-order valence-electron chi connectivity index (χ2n) is 4.64. The maximum Gasteiger partial charge on any atom is 0.341 e. The van der Waals surface area contributed by atoms with E-state index in [-0.39, 0.29) is 11.3 Å². The van der Waals surface area contributed by atoms with E-state index in [0.717, 1.165) is 6.07 Å². The fraction of sp³-hybridized carbons (Fsp3) is 0.125. The molecule has 0 saturated carbocycles. The van der Waals surface area contributed by atoms with Gasteiger partial charge >= 0.3 is 5.97 Å². The molecule has 0 aliphatic heterocycles. The zero-order chi connectivity index (χ0) is 17.0. The minimum absolute atomic E-state index is 0.0491. The summed E-state index contributed by atoms with van der Waals surface area (Å²) in [6.45, 7) is 1.31. The number of hydrogen-bond acceptors (Lipinski definition) is 3. The van der Waals surface area contributed by atoms with Crippen molar-refractivity contribution >= 4 is 33.5 Å². The third-order valence-electron chi connectivity index (χ3n) is 2.94. The summed E-state index contributed by atoms with van der Waals surface area (Å²) in [5.74, 6) is -3.08. The van der Waals surface area contributed by atoms with Crippen LogP contribution < -0.4 is 5.32 Å². The quantitative estimate of drug-likeness (QED) is 0.814. The SMILES string of the molecule is C[C@@H](OC(=O)c1ccccc1F)C(=O)Nc1ccc(Br)cc1F. The van der Waals surface area contributed by atoms with Gasteiger partial charge in [-0.15, -0.1) is 0 Å². The van der Waals surface area contributed by atoms with Crippen LogP contribution in [0.15, 0.2) is 46.9 Å². The predicted octanol–water partition coefficient (Wildman–Crippen LogP) is 3.91. The van der Waals surface area contributed by atoms with Crippen molar-refractivity contribution in [3.63, 3.8) is 0 Å². The van der Waals surface area contributed by atoms with E-state index >= 15 is 0 Å². The summed E-state index contributed by atoms with van der Waals surface area (Å²) in [5.41, 5.74) is -0.325. The Hall–Kier alpha value is -2.28. The summed E-state index contributed by atoms with van der Waals surface area (Å²) >= 11 is 3.10. The molecular formula is C16H12BrF2NO3. The minimum Gasteiger partial charge on any atom is -0.449 e. The van der Waals surface area contributed by atoms with Gasteiger partial charge in [-0.1, -0.05) is 28.1 Å². The predicted molar refractivity (Wildman–Crippen MR) is 84.0 cm³/mol. The molecule has 0 radical (unpaired) electrons. The van der Waals surface area contributed by atoms with Gasteiger partial charge in [-0.3, -0.25) is 4.79 Å². The highest BCUT2D eigenvalue weighted by atomic mass is 79.9. The van der Waals surface area contributed by atoms with E-state index in [9.17, 15) is 18.4 Å². The molecule has 0 heterocycles. The van der Waals surface area contributed by atoms with Crippen molar-refractivity contribution in [3.8, 4) is 0 Å². The highest BCUT2D eigenvalue weighted by molar-refractivity contribution is 9.10. The first-order valence-corrected chi connectivity index (χ1v) is 7.39. The molecule has 23 heavy (non-hydrogen) atoms. The molecule has 0 unspecified atom stereocenters. The third kappa shape index (κ3) is 4.35. The van der Waals surface area contributed by atoms with Gasteiger partial charge in [-0.2, -0.15) is 0 Å². The molecule has 0 bridgehead atoms. The van der Waals surface area contributed by atoms with Crippen molar-refractivity contribution < 1.29 is 23.1 Å². The summed E-state index contributed by atoms with van der Waals surface area (Å²) in [7, 11) is 0. The summed E-state index contributed by atoms with van der Waals surface area (Å²) in [6, 6.07) is 9.36. The first-order valence-electron chi connectivity index (χ1n) is 6.60. The van der Waals surface area contributed by atoms with Crippen LogP contribution in [0.25, 0.3) is 0 Å². The van der Waals surface area contributed by atoms with Gasteiger partial charge < -0.3 is 10.1 Å². The lowest BCUT2D eigenvalue weighted by atomic mass is 10.2. The van der Waals surface area contributed by atoms with E-state index in [1.165, 1.54) is 37.3 Å². The van der Waals surface area contributed by atoms with Crippen LogP contribution >= 0.6 is 15.9 Å². The molecule has 0 aromatic heterocycles. The van der Waals surface area contributed by atoms with Gasteiger partial charge in [0.1, 0.15) is 11.6 Å². The van der Waals surface area contributed by atoms with Crippen molar-refractivity contribution in [1.29, 1.82) is 0 Å². The molecule has 0 spiro atoms. The molecule has 0 aliphatic rings. The lowest BCUT2D eigenvalue weighted by Gasteiger charge is -2.14. The summed E-state index contributed by atoms with van der Waals surface area (Å²) in [4.78, 5) is 23.8. The Morgan fingerprint density at radius 2 is 1.83 bits per heavy atom. The average molecular weight is 384 g/mol. The number of nitrogens with one attached hydrogen (secondary N) is 1. The van der Waals surface area contributed by atoms with E-state index in [0.29, 0.717) is 4.47 Å². The number of benzene rings is 2. The molecule has 2 aromatic carbocycles. The Labute approximate surface area is 139 Å². The Kier molecular flexibility index (Phi) is 5.44. The number of rotatable bonds is 4. The van der Waals surface area contributed by atoms with Crippen LogP contribution in [-0.4, -0.2) is 18.0 Å². The van der Waals surface area contributed by atoms with Crippen molar-refractivity contribution in [2.45, 2.75) is 13.0 Å². The maximum atomic E-state index is 13.7. The number of hydrogen-bond donors (Lipinski definition) is 1. The molecule has 120 valence electrons. The normalized spacial score (nSPS) is 11.7. The molecule has 7 heteroatoms. The number of anilines is 1. The third-order valence-corrected chi connectivity index (χ3v) is 3.43. The van der Waals surface area contributed by atoms with Crippen molar-refractivity contribution in [2.75, 3.05) is 5.32 Å². The summed E-state index contributed by atoms with van der Waals surface area (Å²) < 4.78 is 32.5. The van der Waals surface area contributed by atoms with Gasteiger partial charge in [-0.05, 0) is 37.3 Å². The average Bonchev–Trinajstić information content (AvgIpc) is 2.50. The highest BCUT2D eigenvalue weighted by Crippen LogP contribution is 2.19. The number of ether oxygens (including phenoxy) is 1. The van der Waals surface area contributed by atoms with Crippen LogP contribution in [0.1, 0.15) is 17.3 Å². The molecular weight excluding hydrogens is 372 g/mol. The second kappa shape index (κ2) is 7.32. The van der Waals surface area contributed by atoms with Crippen molar-refractivity contribution in [2.24, 2.45) is 0 Å². The van der Waals surface area contributed by atoms with E-state index in [2.05, 4.69) is 21.2 Å². The van der Waals surface area contributed by atoms with E-state index in [4.69, 9.17) is 4.74 Å². The van der Waals surface area contributed by atoms with E-state index in [1.54, 1.807) is 6.07 Å². The Balaban J connectivity index is 2.03. The Morgan fingerprint density at radius 3 is 2.48 bits per heavy atom. The fourth-order valence-electron chi connectivity index (χ4n) is 1.73. The summed E-state index contributed by atoms with van der Waals surface area (Å²) in [6.07, 6.45) is -1.22. The Bertz CT molecular complexity index is 752. The van der Waals surface area contributed by atoms with Gasteiger partial charge in [0.05, 0.1) is 11.3 Å². The fourth-order valence-corrected chi connectivity index (χ4v) is 2.06. The summed E-state index contributed by atoms with van der Waals surface area (Å²) in [5, 5.41) is 2.30. The van der Waals surface area contributed by atoms with E-state index < -0.39 is 29.6 Å². The molecule has 2 rings (SSSR count). The molecule has 4 nitrogen and oxygen atoms in total. The maximum absolute atomic E-state index is 13.7. The van der Waals surface area contributed by atoms with Gasteiger partial charge in [0, 0.05) is 4.47 Å². The monoisotopic (exact) mass is 383 g/mol. The molecule has 1 amide bonds. The Morgan fingerprint density at radius 1 is 1.13 bits per heavy atom.